The quantitative estimate of drug-likeness (QED) is 0.780. The number of pyridine rings is 1. The number of aryl methyl sites for hydroxylation is 1. The summed E-state index contributed by atoms with van der Waals surface area (Å²) in [6.07, 6.45) is 2.66. The van der Waals surface area contributed by atoms with Crippen LogP contribution in [0, 0.1) is 6.92 Å². The molecule has 100 valence electrons. The van der Waals surface area contributed by atoms with Crippen LogP contribution in [0.1, 0.15) is 22.9 Å². The number of benzene rings is 2. The number of aromatic nitrogens is 1. The minimum atomic E-state index is -0.0813. The van der Waals surface area contributed by atoms with Gasteiger partial charge in [0.25, 0.3) is 0 Å². The number of hydrogen-bond acceptors (Lipinski definition) is 2. The summed E-state index contributed by atoms with van der Waals surface area (Å²) in [4.78, 5) is 4.51. The second-order valence-corrected chi connectivity index (χ2v) is 5.15. The maximum absolute atomic E-state index is 6.40. The number of hydrogen-bond donors (Lipinski definition) is 1. The zero-order valence-electron chi connectivity index (χ0n) is 11.6. The van der Waals surface area contributed by atoms with Crippen molar-refractivity contribution in [2.75, 3.05) is 0 Å². The summed E-state index contributed by atoms with van der Waals surface area (Å²) in [6.45, 7) is 2.12. The van der Waals surface area contributed by atoms with Gasteiger partial charge in [0.05, 0.1) is 11.7 Å². The third kappa shape index (κ3) is 2.43. The van der Waals surface area contributed by atoms with Crippen LogP contribution in [-0.2, 0) is 6.42 Å². The van der Waals surface area contributed by atoms with E-state index >= 15 is 0 Å². The molecule has 1 unspecified atom stereocenters. The van der Waals surface area contributed by atoms with E-state index in [2.05, 4.69) is 48.3 Å². The second kappa shape index (κ2) is 5.43. The van der Waals surface area contributed by atoms with E-state index in [1.54, 1.807) is 0 Å². The summed E-state index contributed by atoms with van der Waals surface area (Å²) in [6, 6.07) is 18.6. The molecule has 0 aliphatic heterocycles. The normalized spacial score (nSPS) is 12.5. The molecule has 0 amide bonds. The Morgan fingerprint density at radius 2 is 1.75 bits per heavy atom. The van der Waals surface area contributed by atoms with E-state index in [-0.39, 0.29) is 6.04 Å². The molecule has 0 fully saturated rings. The average Bonchev–Trinajstić information content (AvgIpc) is 2.49. The van der Waals surface area contributed by atoms with Gasteiger partial charge in [-0.2, -0.15) is 0 Å². The Morgan fingerprint density at radius 3 is 2.60 bits per heavy atom. The molecule has 0 spiro atoms. The summed E-state index contributed by atoms with van der Waals surface area (Å²) in [5, 5.41) is 2.34. The monoisotopic (exact) mass is 262 g/mol. The standard InChI is InChI=1S/C18H18N2/c1-13-6-2-3-8-15(13)12-17(19)18-16-9-5-4-7-14(16)10-11-20-18/h2-11,17H,12,19H2,1H3. The Hall–Kier alpha value is -2.19. The van der Waals surface area contributed by atoms with Crippen LogP contribution in [0.4, 0.5) is 0 Å². The van der Waals surface area contributed by atoms with Gasteiger partial charge in [-0.05, 0) is 35.9 Å². The van der Waals surface area contributed by atoms with E-state index in [4.69, 9.17) is 5.73 Å². The van der Waals surface area contributed by atoms with Crippen LogP contribution in [0.25, 0.3) is 10.8 Å². The molecular formula is C18H18N2. The first-order valence-electron chi connectivity index (χ1n) is 6.89. The largest absolute Gasteiger partial charge is 0.322 e. The molecule has 0 aliphatic rings. The Bertz CT molecular complexity index is 729. The van der Waals surface area contributed by atoms with Crippen LogP contribution < -0.4 is 5.73 Å². The van der Waals surface area contributed by atoms with Gasteiger partial charge in [0.2, 0.25) is 0 Å². The highest BCUT2D eigenvalue weighted by atomic mass is 14.8. The Labute approximate surface area is 119 Å². The van der Waals surface area contributed by atoms with E-state index in [0.29, 0.717) is 0 Å². The highest BCUT2D eigenvalue weighted by molar-refractivity contribution is 5.84. The molecule has 2 nitrogen and oxygen atoms in total. The molecule has 3 rings (SSSR count). The fourth-order valence-corrected chi connectivity index (χ4v) is 2.61. The first-order chi connectivity index (χ1) is 9.75. The highest BCUT2D eigenvalue weighted by Gasteiger charge is 2.12. The van der Waals surface area contributed by atoms with Gasteiger partial charge < -0.3 is 5.73 Å². The lowest BCUT2D eigenvalue weighted by molar-refractivity contribution is 0.701. The first-order valence-corrected chi connectivity index (χ1v) is 6.89. The first kappa shape index (κ1) is 12.8. The van der Waals surface area contributed by atoms with Crippen LogP contribution in [0.15, 0.2) is 60.8 Å². The SMILES string of the molecule is Cc1ccccc1CC(N)c1nccc2ccccc12. The molecule has 2 N–H and O–H groups in total. The zero-order chi connectivity index (χ0) is 13.9. The predicted octanol–water partition coefficient (Wildman–Crippen LogP) is 3.79. The Balaban J connectivity index is 1.97. The van der Waals surface area contributed by atoms with E-state index in [1.165, 1.54) is 16.5 Å². The second-order valence-electron chi connectivity index (χ2n) is 5.15. The maximum Gasteiger partial charge on any atom is 0.0652 e. The van der Waals surface area contributed by atoms with Crippen LogP contribution in [0.5, 0.6) is 0 Å². The van der Waals surface area contributed by atoms with Gasteiger partial charge in [-0.15, -0.1) is 0 Å². The van der Waals surface area contributed by atoms with Crippen molar-refractivity contribution < 1.29 is 0 Å². The molecule has 0 saturated heterocycles. The molecule has 0 bridgehead atoms. The van der Waals surface area contributed by atoms with Crippen LogP contribution >= 0.6 is 0 Å². The Morgan fingerprint density at radius 1 is 1.00 bits per heavy atom. The highest BCUT2D eigenvalue weighted by Crippen LogP contribution is 2.24. The molecule has 1 aromatic heterocycles. The number of nitrogens with zero attached hydrogens (tertiary/aromatic N) is 1. The molecule has 0 radical (unpaired) electrons. The molecule has 1 heterocycles. The van der Waals surface area contributed by atoms with Gasteiger partial charge in [-0.1, -0.05) is 48.5 Å². The Kier molecular flexibility index (Phi) is 3.48. The molecule has 0 aliphatic carbocycles. The number of fused-ring (bicyclic) bond motifs is 1. The lowest BCUT2D eigenvalue weighted by Gasteiger charge is -2.15. The van der Waals surface area contributed by atoms with Crippen molar-refractivity contribution >= 4 is 10.8 Å². The van der Waals surface area contributed by atoms with Crippen molar-refractivity contribution in [3.8, 4) is 0 Å². The van der Waals surface area contributed by atoms with Gasteiger partial charge in [-0.25, -0.2) is 0 Å². The topological polar surface area (TPSA) is 38.9 Å². The summed E-state index contributed by atoms with van der Waals surface area (Å²) in [5.74, 6) is 0. The van der Waals surface area contributed by atoms with Crippen molar-refractivity contribution in [3.63, 3.8) is 0 Å². The predicted molar refractivity (Wildman–Crippen MR) is 83.6 cm³/mol. The fraction of sp³-hybridized carbons (Fsp3) is 0.167. The van der Waals surface area contributed by atoms with Crippen molar-refractivity contribution in [3.05, 3.63) is 77.6 Å². The minimum Gasteiger partial charge on any atom is -0.322 e. The van der Waals surface area contributed by atoms with Crippen molar-refractivity contribution in [1.29, 1.82) is 0 Å². The fourth-order valence-electron chi connectivity index (χ4n) is 2.61. The number of nitrogens with two attached hydrogens (primary N) is 1. The third-order valence-electron chi connectivity index (χ3n) is 3.76. The summed E-state index contributed by atoms with van der Waals surface area (Å²) in [5.41, 5.74) is 9.95. The van der Waals surface area contributed by atoms with Crippen LogP contribution in [0.2, 0.25) is 0 Å². The van der Waals surface area contributed by atoms with E-state index in [1.807, 2.05) is 24.4 Å². The van der Waals surface area contributed by atoms with E-state index in [0.717, 1.165) is 17.5 Å². The van der Waals surface area contributed by atoms with Gasteiger partial charge in [0, 0.05) is 11.6 Å². The van der Waals surface area contributed by atoms with E-state index in [9.17, 15) is 0 Å². The maximum atomic E-state index is 6.40. The van der Waals surface area contributed by atoms with Gasteiger partial charge in [0.1, 0.15) is 0 Å². The van der Waals surface area contributed by atoms with Crippen LogP contribution in [-0.4, -0.2) is 4.98 Å². The van der Waals surface area contributed by atoms with Crippen LogP contribution in [0.3, 0.4) is 0 Å². The minimum absolute atomic E-state index is 0.0813. The lowest BCUT2D eigenvalue weighted by Crippen LogP contribution is -2.16. The van der Waals surface area contributed by atoms with E-state index < -0.39 is 0 Å². The molecular weight excluding hydrogens is 244 g/mol. The molecule has 2 heteroatoms. The average molecular weight is 262 g/mol. The third-order valence-corrected chi connectivity index (χ3v) is 3.76. The molecule has 2 aromatic carbocycles. The molecule has 0 saturated carbocycles. The smallest absolute Gasteiger partial charge is 0.0652 e. The van der Waals surface area contributed by atoms with Crippen molar-refractivity contribution in [2.24, 2.45) is 5.73 Å². The number of rotatable bonds is 3. The zero-order valence-corrected chi connectivity index (χ0v) is 11.6. The molecule has 3 aromatic rings. The van der Waals surface area contributed by atoms with Gasteiger partial charge in [-0.3, -0.25) is 4.98 Å². The van der Waals surface area contributed by atoms with Gasteiger partial charge >= 0.3 is 0 Å². The molecule has 1 atom stereocenters. The lowest BCUT2D eigenvalue weighted by atomic mass is 9.97. The molecule has 20 heavy (non-hydrogen) atoms. The van der Waals surface area contributed by atoms with Crippen molar-refractivity contribution in [2.45, 2.75) is 19.4 Å². The summed E-state index contributed by atoms with van der Waals surface area (Å²) < 4.78 is 0. The van der Waals surface area contributed by atoms with Crippen molar-refractivity contribution in [1.82, 2.24) is 4.98 Å². The summed E-state index contributed by atoms with van der Waals surface area (Å²) >= 11 is 0. The summed E-state index contributed by atoms with van der Waals surface area (Å²) in [7, 11) is 0. The van der Waals surface area contributed by atoms with Gasteiger partial charge in [0.15, 0.2) is 0 Å².